The van der Waals surface area contributed by atoms with Crippen LogP contribution in [-0.2, 0) is 6.54 Å². The van der Waals surface area contributed by atoms with Crippen LogP contribution < -0.4 is 11.0 Å². The number of halogens is 1. The minimum atomic E-state index is 0.0471. The summed E-state index contributed by atoms with van der Waals surface area (Å²) in [6.45, 7) is 2.95. The zero-order valence-corrected chi connectivity index (χ0v) is 12.8. The van der Waals surface area contributed by atoms with Crippen LogP contribution in [0.1, 0.15) is 12.8 Å². The average Bonchev–Trinajstić information content (AvgIpc) is 2.83. The zero-order valence-electron chi connectivity index (χ0n) is 11.3. The minimum Gasteiger partial charge on any atom is -0.317 e. The maximum Gasteiger partial charge on any atom is 0.332 e. The molecule has 2 aromatic rings. The van der Waals surface area contributed by atoms with Crippen molar-refractivity contribution >= 4 is 15.9 Å². The standard InChI is InChI=1S/C15H18BrN3O/c16-13-1-3-14(4-2-13)19-10-9-18(15(19)20)11-12-5-7-17-8-6-12/h1-4,9-10,12,17H,5-8,11H2. The van der Waals surface area contributed by atoms with E-state index >= 15 is 0 Å². The smallest absolute Gasteiger partial charge is 0.317 e. The van der Waals surface area contributed by atoms with E-state index in [1.807, 2.05) is 41.2 Å². The third-order valence-electron chi connectivity index (χ3n) is 3.87. The van der Waals surface area contributed by atoms with Crippen molar-refractivity contribution in [1.82, 2.24) is 14.5 Å². The lowest BCUT2D eigenvalue weighted by Gasteiger charge is -2.22. The van der Waals surface area contributed by atoms with E-state index in [0.29, 0.717) is 5.92 Å². The van der Waals surface area contributed by atoms with Crippen LogP contribution in [0, 0.1) is 5.92 Å². The number of nitrogens with one attached hydrogen (secondary N) is 1. The normalized spacial score (nSPS) is 16.4. The van der Waals surface area contributed by atoms with Crippen molar-refractivity contribution in [2.75, 3.05) is 13.1 Å². The summed E-state index contributed by atoms with van der Waals surface area (Å²) < 4.78 is 4.55. The van der Waals surface area contributed by atoms with Crippen LogP contribution in [0.15, 0.2) is 45.9 Å². The number of aromatic nitrogens is 2. The number of benzene rings is 1. The van der Waals surface area contributed by atoms with E-state index in [2.05, 4.69) is 21.2 Å². The van der Waals surface area contributed by atoms with Gasteiger partial charge in [0.25, 0.3) is 0 Å². The van der Waals surface area contributed by atoms with Crippen LogP contribution in [-0.4, -0.2) is 22.2 Å². The summed E-state index contributed by atoms with van der Waals surface area (Å²) in [6, 6.07) is 7.79. The van der Waals surface area contributed by atoms with Gasteiger partial charge in [0.1, 0.15) is 0 Å². The SMILES string of the molecule is O=c1n(CC2CCNCC2)ccn1-c1ccc(Br)cc1. The Kier molecular flexibility index (Phi) is 4.08. The predicted octanol–water partition coefficient (Wildman–Crippen LogP) is 2.40. The number of hydrogen-bond donors (Lipinski definition) is 1. The third-order valence-corrected chi connectivity index (χ3v) is 4.39. The lowest BCUT2D eigenvalue weighted by atomic mass is 9.98. The molecule has 0 spiro atoms. The van der Waals surface area contributed by atoms with Gasteiger partial charge in [0.2, 0.25) is 0 Å². The molecule has 1 saturated heterocycles. The van der Waals surface area contributed by atoms with Crippen LogP contribution >= 0.6 is 15.9 Å². The van der Waals surface area contributed by atoms with E-state index in [4.69, 9.17) is 0 Å². The molecule has 1 aliphatic rings. The second-order valence-electron chi connectivity index (χ2n) is 5.27. The summed E-state index contributed by atoms with van der Waals surface area (Å²) >= 11 is 3.41. The van der Waals surface area contributed by atoms with Gasteiger partial charge in [0.15, 0.2) is 0 Å². The first-order valence-electron chi connectivity index (χ1n) is 6.98. The van der Waals surface area contributed by atoms with E-state index in [9.17, 15) is 4.79 Å². The minimum absolute atomic E-state index is 0.0471. The molecule has 1 aromatic carbocycles. The van der Waals surface area contributed by atoms with Crippen molar-refractivity contribution < 1.29 is 0 Å². The monoisotopic (exact) mass is 335 g/mol. The summed E-state index contributed by atoms with van der Waals surface area (Å²) in [6.07, 6.45) is 6.05. The van der Waals surface area contributed by atoms with Crippen LogP contribution in [0.4, 0.5) is 0 Å². The molecule has 3 rings (SSSR count). The molecule has 0 unspecified atom stereocenters. The third kappa shape index (κ3) is 2.88. The van der Waals surface area contributed by atoms with Crippen molar-refractivity contribution in [1.29, 1.82) is 0 Å². The molecule has 0 bridgehead atoms. The second kappa shape index (κ2) is 5.97. The summed E-state index contributed by atoms with van der Waals surface area (Å²) in [4.78, 5) is 12.4. The van der Waals surface area contributed by atoms with Crippen LogP contribution in [0.2, 0.25) is 0 Å². The van der Waals surface area contributed by atoms with Crippen molar-refractivity contribution in [3.05, 3.63) is 51.6 Å². The molecule has 0 saturated carbocycles. The predicted molar refractivity (Wildman–Crippen MR) is 83.3 cm³/mol. The largest absolute Gasteiger partial charge is 0.332 e. The maximum absolute atomic E-state index is 12.4. The molecule has 0 radical (unpaired) electrons. The van der Waals surface area contributed by atoms with Crippen molar-refractivity contribution in [2.45, 2.75) is 19.4 Å². The van der Waals surface area contributed by atoms with Crippen LogP contribution in [0.25, 0.3) is 5.69 Å². The number of hydrogen-bond acceptors (Lipinski definition) is 2. The highest BCUT2D eigenvalue weighted by atomic mass is 79.9. The molecule has 5 heteroatoms. The zero-order chi connectivity index (χ0) is 13.9. The Morgan fingerprint density at radius 1 is 1.15 bits per heavy atom. The molecule has 0 atom stereocenters. The number of piperidine rings is 1. The van der Waals surface area contributed by atoms with Crippen molar-refractivity contribution in [2.24, 2.45) is 5.92 Å². The van der Waals surface area contributed by atoms with Gasteiger partial charge in [0, 0.05) is 23.4 Å². The summed E-state index contributed by atoms with van der Waals surface area (Å²) in [7, 11) is 0. The Hall–Kier alpha value is -1.33. The highest BCUT2D eigenvalue weighted by Gasteiger charge is 2.15. The average molecular weight is 336 g/mol. The molecule has 1 aliphatic heterocycles. The van der Waals surface area contributed by atoms with Gasteiger partial charge in [0.05, 0.1) is 5.69 Å². The second-order valence-corrected chi connectivity index (χ2v) is 6.19. The molecular weight excluding hydrogens is 318 g/mol. The fourth-order valence-electron chi connectivity index (χ4n) is 2.69. The number of rotatable bonds is 3. The van der Waals surface area contributed by atoms with Gasteiger partial charge < -0.3 is 5.32 Å². The van der Waals surface area contributed by atoms with Crippen molar-refractivity contribution in [3.63, 3.8) is 0 Å². The molecule has 1 fully saturated rings. The summed E-state index contributed by atoms with van der Waals surface area (Å²) in [5.41, 5.74) is 0.952. The molecule has 0 amide bonds. The van der Waals surface area contributed by atoms with E-state index in [0.717, 1.165) is 42.6 Å². The highest BCUT2D eigenvalue weighted by Crippen LogP contribution is 2.15. The first-order chi connectivity index (χ1) is 9.74. The fourth-order valence-corrected chi connectivity index (χ4v) is 2.96. The van der Waals surface area contributed by atoms with E-state index in [1.165, 1.54) is 0 Å². The Bertz CT molecular complexity index is 623. The molecule has 2 heterocycles. The van der Waals surface area contributed by atoms with Gasteiger partial charge in [-0.05, 0) is 56.1 Å². The molecular formula is C15H18BrN3O. The quantitative estimate of drug-likeness (QED) is 0.935. The van der Waals surface area contributed by atoms with E-state index in [-0.39, 0.29) is 5.69 Å². The van der Waals surface area contributed by atoms with Gasteiger partial charge in [-0.3, -0.25) is 9.13 Å². The van der Waals surface area contributed by atoms with Gasteiger partial charge in [-0.15, -0.1) is 0 Å². The molecule has 1 aromatic heterocycles. The van der Waals surface area contributed by atoms with Crippen LogP contribution in [0.3, 0.4) is 0 Å². The Morgan fingerprint density at radius 3 is 2.55 bits per heavy atom. The molecule has 4 nitrogen and oxygen atoms in total. The number of imidazole rings is 1. The molecule has 106 valence electrons. The lowest BCUT2D eigenvalue weighted by Crippen LogP contribution is -2.32. The van der Waals surface area contributed by atoms with E-state index in [1.54, 1.807) is 4.57 Å². The highest BCUT2D eigenvalue weighted by molar-refractivity contribution is 9.10. The van der Waals surface area contributed by atoms with Gasteiger partial charge in [-0.2, -0.15) is 0 Å². The van der Waals surface area contributed by atoms with E-state index < -0.39 is 0 Å². The maximum atomic E-state index is 12.4. The van der Waals surface area contributed by atoms with Gasteiger partial charge in [-0.25, -0.2) is 4.79 Å². The number of nitrogens with zero attached hydrogens (tertiary/aromatic N) is 2. The van der Waals surface area contributed by atoms with Crippen LogP contribution in [0.5, 0.6) is 0 Å². The molecule has 1 N–H and O–H groups in total. The lowest BCUT2D eigenvalue weighted by molar-refractivity contribution is 0.329. The fraction of sp³-hybridized carbons (Fsp3) is 0.400. The Labute approximate surface area is 126 Å². The summed E-state index contributed by atoms with van der Waals surface area (Å²) in [5, 5.41) is 3.35. The Balaban J connectivity index is 1.81. The topological polar surface area (TPSA) is 39.0 Å². The van der Waals surface area contributed by atoms with Crippen molar-refractivity contribution in [3.8, 4) is 5.69 Å². The first kappa shape index (κ1) is 13.6. The molecule has 0 aliphatic carbocycles. The van der Waals surface area contributed by atoms with Gasteiger partial charge in [-0.1, -0.05) is 15.9 Å². The Morgan fingerprint density at radius 2 is 1.85 bits per heavy atom. The first-order valence-corrected chi connectivity index (χ1v) is 7.78. The molecule has 20 heavy (non-hydrogen) atoms. The summed E-state index contributed by atoms with van der Waals surface area (Å²) in [5.74, 6) is 0.606. The van der Waals surface area contributed by atoms with Gasteiger partial charge >= 0.3 is 5.69 Å².